The molecule has 0 saturated carbocycles. The van der Waals surface area contributed by atoms with Crippen molar-refractivity contribution in [1.82, 2.24) is 14.7 Å². The van der Waals surface area contributed by atoms with Crippen LogP contribution in [0.1, 0.15) is 11.3 Å². The molecule has 4 aromatic rings. The SMILES string of the molecule is Cc1ccc(-c2nc(-c3ccc(OC(F)(F)F)cc3)no2)c(=O)n1Cc1cccc(S(C)(=O)=O)c1. The Morgan fingerprint density at radius 2 is 1.77 bits per heavy atom. The van der Waals surface area contributed by atoms with Gasteiger partial charge in [0, 0.05) is 17.5 Å². The lowest BCUT2D eigenvalue weighted by molar-refractivity contribution is -0.274. The first-order valence-electron chi connectivity index (χ1n) is 10.1. The van der Waals surface area contributed by atoms with Crippen molar-refractivity contribution < 1.29 is 30.8 Å². The summed E-state index contributed by atoms with van der Waals surface area (Å²) in [5, 5.41) is 3.82. The Balaban J connectivity index is 1.63. The standard InChI is InChI=1S/C23H18F3N3O5S/c1-14-6-11-19(22(30)29(14)13-15-4-3-5-18(12-15)35(2,31)32)21-27-20(28-34-21)16-7-9-17(10-8-16)33-23(24,25)26/h3-12H,13H2,1-2H3. The summed E-state index contributed by atoms with van der Waals surface area (Å²) in [5.74, 6) is -0.392. The van der Waals surface area contributed by atoms with Gasteiger partial charge in [0.25, 0.3) is 11.4 Å². The smallest absolute Gasteiger partial charge is 0.406 e. The number of benzene rings is 2. The van der Waals surface area contributed by atoms with E-state index in [0.29, 0.717) is 16.8 Å². The van der Waals surface area contributed by atoms with Crippen LogP contribution < -0.4 is 10.3 Å². The number of hydrogen-bond acceptors (Lipinski definition) is 7. The fourth-order valence-corrected chi connectivity index (χ4v) is 4.03. The van der Waals surface area contributed by atoms with E-state index in [1.54, 1.807) is 25.1 Å². The van der Waals surface area contributed by atoms with Crippen LogP contribution >= 0.6 is 0 Å². The van der Waals surface area contributed by atoms with Gasteiger partial charge in [-0.25, -0.2) is 8.42 Å². The van der Waals surface area contributed by atoms with E-state index in [0.717, 1.165) is 18.4 Å². The highest BCUT2D eigenvalue weighted by molar-refractivity contribution is 7.90. The quantitative estimate of drug-likeness (QED) is 0.386. The molecule has 0 fully saturated rings. The number of halogens is 3. The number of nitrogens with zero attached hydrogens (tertiary/aromatic N) is 3. The maximum atomic E-state index is 13.2. The van der Waals surface area contributed by atoms with Crippen molar-refractivity contribution in [3.63, 3.8) is 0 Å². The van der Waals surface area contributed by atoms with Crippen molar-refractivity contribution in [2.24, 2.45) is 0 Å². The third-order valence-corrected chi connectivity index (χ3v) is 6.17. The van der Waals surface area contributed by atoms with Gasteiger partial charge in [0.15, 0.2) is 9.84 Å². The van der Waals surface area contributed by atoms with Gasteiger partial charge in [-0.15, -0.1) is 13.2 Å². The fourth-order valence-electron chi connectivity index (χ4n) is 3.34. The second-order valence-electron chi connectivity index (χ2n) is 7.69. The highest BCUT2D eigenvalue weighted by Crippen LogP contribution is 2.26. The Hall–Kier alpha value is -3.93. The molecule has 12 heteroatoms. The average Bonchev–Trinajstić information content (AvgIpc) is 3.26. The van der Waals surface area contributed by atoms with Gasteiger partial charge in [-0.2, -0.15) is 4.98 Å². The Kier molecular flexibility index (Phi) is 6.24. The highest BCUT2D eigenvalue weighted by atomic mass is 32.2. The van der Waals surface area contributed by atoms with Crippen LogP contribution in [0.15, 0.2) is 74.9 Å². The lowest BCUT2D eigenvalue weighted by Crippen LogP contribution is -2.24. The van der Waals surface area contributed by atoms with Gasteiger partial charge in [0.05, 0.1) is 11.4 Å². The first kappa shape index (κ1) is 24.2. The van der Waals surface area contributed by atoms with Gasteiger partial charge in [-0.05, 0) is 61.0 Å². The number of pyridine rings is 1. The third-order valence-electron chi connectivity index (χ3n) is 5.06. The number of ether oxygens (including phenoxy) is 1. The molecule has 2 aromatic carbocycles. The highest BCUT2D eigenvalue weighted by Gasteiger charge is 2.31. The van der Waals surface area contributed by atoms with Gasteiger partial charge >= 0.3 is 6.36 Å². The van der Waals surface area contributed by atoms with E-state index in [1.165, 1.54) is 34.9 Å². The number of sulfone groups is 1. The molecule has 0 spiro atoms. The van der Waals surface area contributed by atoms with Crippen molar-refractivity contribution in [2.45, 2.75) is 24.7 Å². The van der Waals surface area contributed by atoms with Crippen molar-refractivity contribution in [1.29, 1.82) is 0 Å². The van der Waals surface area contributed by atoms with E-state index in [-0.39, 0.29) is 28.7 Å². The van der Waals surface area contributed by atoms with Crippen molar-refractivity contribution >= 4 is 9.84 Å². The summed E-state index contributed by atoms with van der Waals surface area (Å²) in [6, 6.07) is 14.4. The summed E-state index contributed by atoms with van der Waals surface area (Å²) in [7, 11) is -3.41. The summed E-state index contributed by atoms with van der Waals surface area (Å²) in [6.45, 7) is 1.85. The van der Waals surface area contributed by atoms with E-state index in [2.05, 4.69) is 14.9 Å². The van der Waals surface area contributed by atoms with Crippen LogP contribution in [0.5, 0.6) is 5.75 Å². The molecular weight excluding hydrogens is 487 g/mol. The van der Waals surface area contributed by atoms with Crippen molar-refractivity contribution in [3.8, 4) is 28.6 Å². The third kappa shape index (κ3) is 5.60. The average molecular weight is 505 g/mol. The van der Waals surface area contributed by atoms with E-state index in [4.69, 9.17) is 4.52 Å². The predicted molar refractivity (Wildman–Crippen MR) is 120 cm³/mol. The summed E-state index contributed by atoms with van der Waals surface area (Å²) >= 11 is 0. The Labute approximate surface area is 197 Å². The molecule has 4 rings (SSSR count). The molecule has 8 nitrogen and oxygen atoms in total. The Bertz CT molecular complexity index is 1540. The zero-order valence-electron chi connectivity index (χ0n) is 18.4. The van der Waals surface area contributed by atoms with Gasteiger partial charge in [-0.3, -0.25) is 4.79 Å². The van der Waals surface area contributed by atoms with E-state index in [1.807, 2.05) is 0 Å². The molecule has 0 amide bonds. The lowest BCUT2D eigenvalue weighted by Gasteiger charge is -2.11. The Morgan fingerprint density at radius 3 is 2.43 bits per heavy atom. The van der Waals surface area contributed by atoms with Crippen LogP contribution in [0.3, 0.4) is 0 Å². The van der Waals surface area contributed by atoms with Crippen LogP contribution in [0.2, 0.25) is 0 Å². The molecule has 0 atom stereocenters. The fraction of sp³-hybridized carbons (Fsp3) is 0.174. The minimum atomic E-state index is -4.81. The number of aryl methyl sites for hydroxylation is 1. The van der Waals surface area contributed by atoms with Crippen LogP contribution in [0.4, 0.5) is 13.2 Å². The van der Waals surface area contributed by atoms with E-state index in [9.17, 15) is 26.4 Å². The summed E-state index contributed by atoms with van der Waals surface area (Å²) in [5.41, 5.74) is 1.29. The van der Waals surface area contributed by atoms with Crippen molar-refractivity contribution in [2.75, 3.05) is 6.26 Å². The molecular formula is C23H18F3N3O5S. The molecule has 0 bridgehead atoms. The van der Waals surface area contributed by atoms with E-state index < -0.39 is 27.5 Å². The molecule has 0 aliphatic rings. The molecule has 2 heterocycles. The zero-order valence-corrected chi connectivity index (χ0v) is 19.2. The minimum Gasteiger partial charge on any atom is -0.406 e. The van der Waals surface area contributed by atoms with Crippen LogP contribution in [0, 0.1) is 6.92 Å². The molecule has 0 aliphatic heterocycles. The Morgan fingerprint density at radius 1 is 1.06 bits per heavy atom. The largest absolute Gasteiger partial charge is 0.573 e. The normalized spacial score (nSPS) is 12.0. The number of alkyl halides is 3. The van der Waals surface area contributed by atoms with Crippen LogP contribution in [-0.2, 0) is 16.4 Å². The summed E-state index contributed by atoms with van der Waals surface area (Å²) < 4.78 is 71.3. The minimum absolute atomic E-state index is 0.0701. The topological polar surface area (TPSA) is 104 Å². The molecule has 0 radical (unpaired) electrons. The number of hydrogen-bond donors (Lipinski definition) is 0. The summed E-state index contributed by atoms with van der Waals surface area (Å²) in [4.78, 5) is 17.5. The van der Waals surface area contributed by atoms with Crippen LogP contribution in [-0.4, -0.2) is 35.7 Å². The molecule has 182 valence electrons. The van der Waals surface area contributed by atoms with Crippen molar-refractivity contribution in [3.05, 3.63) is 82.3 Å². The molecule has 0 N–H and O–H groups in total. The van der Waals surface area contributed by atoms with Gasteiger partial charge < -0.3 is 13.8 Å². The maximum Gasteiger partial charge on any atom is 0.573 e. The van der Waals surface area contributed by atoms with Gasteiger partial charge in [-0.1, -0.05) is 17.3 Å². The second-order valence-corrected chi connectivity index (χ2v) is 9.71. The number of rotatable bonds is 6. The van der Waals surface area contributed by atoms with Gasteiger partial charge in [0.2, 0.25) is 5.82 Å². The zero-order chi connectivity index (χ0) is 25.4. The van der Waals surface area contributed by atoms with Gasteiger partial charge in [0.1, 0.15) is 11.3 Å². The molecule has 0 saturated heterocycles. The predicted octanol–water partition coefficient (Wildman–Crippen LogP) is 4.22. The summed E-state index contributed by atoms with van der Waals surface area (Å²) in [6.07, 6.45) is -3.70. The molecule has 0 aliphatic carbocycles. The molecule has 0 unspecified atom stereocenters. The first-order chi connectivity index (χ1) is 16.4. The maximum absolute atomic E-state index is 13.2. The lowest BCUT2D eigenvalue weighted by atomic mass is 10.2. The second kappa shape index (κ2) is 9.02. The monoisotopic (exact) mass is 505 g/mol. The first-order valence-corrected chi connectivity index (χ1v) is 12.0. The van der Waals surface area contributed by atoms with Crippen LogP contribution in [0.25, 0.3) is 22.8 Å². The number of aromatic nitrogens is 3. The molecule has 35 heavy (non-hydrogen) atoms. The molecule has 2 aromatic heterocycles. The van der Waals surface area contributed by atoms with E-state index >= 15 is 0 Å².